The molecule has 3 N–H and O–H groups in total. The Kier molecular flexibility index (Phi) is 3.15. The van der Waals surface area contributed by atoms with Gasteiger partial charge >= 0.3 is 0 Å². The van der Waals surface area contributed by atoms with E-state index >= 15 is 0 Å². The van der Waals surface area contributed by atoms with Gasteiger partial charge in [0.1, 0.15) is 0 Å². The highest BCUT2D eigenvalue weighted by atomic mass is 127. The molecule has 0 aliphatic heterocycles. The van der Waals surface area contributed by atoms with Crippen LogP contribution in [0.4, 0.5) is 11.4 Å². The lowest BCUT2D eigenvalue weighted by atomic mass is 10.2. The van der Waals surface area contributed by atoms with Crippen LogP contribution in [-0.4, -0.2) is 6.04 Å². The van der Waals surface area contributed by atoms with Crippen LogP contribution in [0.3, 0.4) is 0 Å². The lowest BCUT2D eigenvalue weighted by Gasteiger charge is -2.15. The third kappa shape index (κ3) is 2.32. The smallest absolute Gasteiger partial charge is 0.0576 e. The predicted octanol–water partition coefficient (Wildman–Crippen LogP) is 3.23. The van der Waals surface area contributed by atoms with E-state index in [-0.39, 0.29) is 0 Å². The van der Waals surface area contributed by atoms with Crippen LogP contribution in [0.15, 0.2) is 18.2 Å². The zero-order chi connectivity index (χ0) is 9.97. The van der Waals surface area contributed by atoms with Gasteiger partial charge in [-0.3, -0.25) is 0 Å². The zero-order valence-electron chi connectivity index (χ0n) is 8.09. The summed E-state index contributed by atoms with van der Waals surface area (Å²) < 4.78 is 1.19. The first-order chi connectivity index (χ1) is 6.75. The van der Waals surface area contributed by atoms with Crippen molar-refractivity contribution in [2.75, 3.05) is 11.1 Å². The van der Waals surface area contributed by atoms with E-state index in [0.717, 1.165) is 11.4 Å². The van der Waals surface area contributed by atoms with E-state index in [2.05, 4.69) is 40.0 Å². The predicted molar refractivity (Wildman–Crippen MR) is 69.5 cm³/mol. The molecule has 1 aromatic rings. The van der Waals surface area contributed by atoms with Gasteiger partial charge in [-0.05, 0) is 53.6 Å². The largest absolute Gasteiger partial charge is 0.397 e. The molecule has 0 atom stereocenters. The molecule has 76 valence electrons. The minimum Gasteiger partial charge on any atom is -0.397 e. The first-order valence-electron chi connectivity index (χ1n) is 5.07. The summed E-state index contributed by atoms with van der Waals surface area (Å²) in [6, 6.07) is 6.82. The van der Waals surface area contributed by atoms with Crippen molar-refractivity contribution >= 4 is 34.0 Å². The highest BCUT2D eigenvalue weighted by Crippen LogP contribution is 2.26. The van der Waals surface area contributed by atoms with Crippen LogP contribution in [-0.2, 0) is 0 Å². The lowest BCUT2D eigenvalue weighted by molar-refractivity contribution is 0.756. The molecule has 0 amide bonds. The van der Waals surface area contributed by atoms with Crippen molar-refractivity contribution in [2.45, 2.75) is 31.7 Å². The van der Waals surface area contributed by atoms with Crippen LogP contribution in [0.25, 0.3) is 0 Å². The van der Waals surface area contributed by atoms with Crippen LogP contribution >= 0.6 is 22.6 Å². The number of nitrogens with two attached hydrogens (primary N) is 1. The molecule has 1 saturated carbocycles. The van der Waals surface area contributed by atoms with E-state index in [1.165, 1.54) is 29.3 Å². The van der Waals surface area contributed by atoms with Crippen molar-refractivity contribution in [3.05, 3.63) is 21.8 Å². The number of nitrogen functional groups attached to an aromatic ring is 1. The molecule has 1 aliphatic rings. The molecule has 3 heteroatoms. The second kappa shape index (κ2) is 4.38. The van der Waals surface area contributed by atoms with Crippen molar-refractivity contribution in [1.29, 1.82) is 0 Å². The first-order valence-corrected chi connectivity index (χ1v) is 6.15. The van der Waals surface area contributed by atoms with E-state index in [1.54, 1.807) is 0 Å². The van der Waals surface area contributed by atoms with Gasteiger partial charge in [0, 0.05) is 9.61 Å². The molecule has 0 bridgehead atoms. The molecule has 0 saturated heterocycles. The summed E-state index contributed by atoms with van der Waals surface area (Å²) >= 11 is 2.28. The second-order valence-electron chi connectivity index (χ2n) is 3.86. The maximum atomic E-state index is 5.93. The Balaban J connectivity index is 2.08. The Morgan fingerprint density at radius 2 is 2.00 bits per heavy atom. The van der Waals surface area contributed by atoms with Crippen LogP contribution in [0.5, 0.6) is 0 Å². The van der Waals surface area contributed by atoms with Gasteiger partial charge in [0.05, 0.1) is 11.4 Å². The van der Waals surface area contributed by atoms with E-state index in [4.69, 9.17) is 5.73 Å². The van der Waals surface area contributed by atoms with Gasteiger partial charge in [-0.1, -0.05) is 12.8 Å². The van der Waals surface area contributed by atoms with Gasteiger partial charge in [0.15, 0.2) is 0 Å². The Morgan fingerprint density at radius 3 is 2.64 bits per heavy atom. The van der Waals surface area contributed by atoms with Gasteiger partial charge < -0.3 is 11.1 Å². The summed E-state index contributed by atoms with van der Waals surface area (Å²) in [6.45, 7) is 0. The molecule has 1 fully saturated rings. The minimum absolute atomic E-state index is 0.636. The Morgan fingerprint density at radius 1 is 1.29 bits per heavy atom. The van der Waals surface area contributed by atoms with Crippen molar-refractivity contribution in [3.63, 3.8) is 0 Å². The Hall–Kier alpha value is -0.450. The van der Waals surface area contributed by atoms with Crippen LogP contribution in [0.1, 0.15) is 25.7 Å². The highest BCUT2D eigenvalue weighted by molar-refractivity contribution is 14.1. The summed E-state index contributed by atoms with van der Waals surface area (Å²) in [6.07, 6.45) is 5.26. The quantitative estimate of drug-likeness (QED) is 0.650. The van der Waals surface area contributed by atoms with Crippen LogP contribution < -0.4 is 11.1 Å². The van der Waals surface area contributed by atoms with Gasteiger partial charge in [-0.2, -0.15) is 0 Å². The monoisotopic (exact) mass is 302 g/mol. The number of hydrogen-bond acceptors (Lipinski definition) is 2. The molecule has 2 nitrogen and oxygen atoms in total. The molecule has 1 aromatic carbocycles. The number of nitrogens with one attached hydrogen (secondary N) is 1. The third-order valence-electron chi connectivity index (χ3n) is 2.73. The molecule has 0 heterocycles. The van der Waals surface area contributed by atoms with E-state index in [1.807, 2.05) is 6.07 Å². The number of rotatable bonds is 2. The fourth-order valence-electron chi connectivity index (χ4n) is 1.96. The average molecular weight is 302 g/mol. The molecule has 1 aliphatic carbocycles. The molecule has 0 spiro atoms. The van der Waals surface area contributed by atoms with Crippen LogP contribution in [0.2, 0.25) is 0 Å². The van der Waals surface area contributed by atoms with Gasteiger partial charge in [0.25, 0.3) is 0 Å². The second-order valence-corrected chi connectivity index (χ2v) is 5.10. The molecular formula is C11H15IN2. The Labute approximate surface area is 98.4 Å². The third-order valence-corrected chi connectivity index (χ3v) is 3.40. The normalized spacial score (nSPS) is 17.2. The molecular weight excluding hydrogens is 287 g/mol. The lowest BCUT2D eigenvalue weighted by Crippen LogP contribution is -2.15. The van der Waals surface area contributed by atoms with Crippen molar-refractivity contribution in [3.8, 4) is 0 Å². The maximum absolute atomic E-state index is 5.93. The summed E-state index contributed by atoms with van der Waals surface area (Å²) in [4.78, 5) is 0. The van der Waals surface area contributed by atoms with Gasteiger partial charge in [0.2, 0.25) is 0 Å². The molecule has 14 heavy (non-hydrogen) atoms. The van der Waals surface area contributed by atoms with E-state index in [0.29, 0.717) is 6.04 Å². The summed E-state index contributed by atoms with van der Waals surface area (Å²) in [7, 11) is 0. The van der Waals surface area contributed by atoms with Gasteiger partial charge in [-0.25, -0.2) is 0 Å². The van der Waals surface area contributed by atoms with Crippen LogP contribution in [0, 0.1) is 3.57 Å². The molecule has 0 radical (unpaired) electrons. The fraction of sp³-hybridized carbons (Fsp3) is 0.455. The molecule has 0 unspecified atom stereocenters. The van der Waals surface area contributed by atoms with Crippen molar-refractivity contribution < 1.29 is 0 Å². The first kappa shape index (κ1) is 10.1. The topological polar surface area (TPSA) is 38.0 Å². The summed E-state index contributed by atoms with van der Waals surface area (Å²) in [5.74, 6) is 0. The highest BCUT2D eigenvalue weighted by Gasteiger charge is 2.15. The van der Waals surface area contributed by atoms with Crippen molar-refractivity contribution in [2.24, 2.45) is 0 Å². The number of halogens is 1. The number of hydrogen-bond donors (Lipinski definition) is 2. The van der Waals surface area contributed by atoms with E-state index < -0.39 is 0 Å². The SMILES string of the molecule is Nc1cc(I)ccc1NC1CCCC1. The van der Waals surface area contributed by atoms with Gasteiger partial charge in [-0.15, -0.1) is 0 Å². The molecule has 0 aromatic heterocycles. The van der Waals surface area contributed by atoms with E-state index in [9.17, 15) is 0 Å². The standard InChI is InChI=1S/C11H15IN2/c12-8-5-6-11(10(13)7-8)14-9-3-1-2-4-9/h5-7,9,14H,1-4,13H2. The minimum atomic E-state index is 0.636. The summed E-state index contributed by atoms with van der Waals surface area (Å²) in [5, 5.41) is 3.51. The molecule has 2 rings (SSSR count). The fourth-order valence-corrected chi connectivity index (χ4v) is 2.47. The summed E-state index contributed by atoms with van der Waals surface area (Å²) in [5.41, 5.74) is 7.89. The van der Waals surface area contributed by atoms with Crippen molar-refractivity contribution in [1.82, 2.24) is 0 Å². The number of anilines is 2. The maximum Gasteiger partial charge on any atom is 0.0576 e. The Bertz CT molecular complexity index is 319. The zero-order valence-corrected chi connectivity index (χ0v) is 10.3. The number of benzene rings is 1. The average Bonchev–Trinajstić information content (AvgIpc) is 2.62.